The minimum absolute atomic E-state index is 0.0756. The van der Waals surface area contributed by atoms with Gasteiger partial charge in [0.2, 0.25) is 0 Å². The summed E-state index contributed by atoms with van der Waals surface area (Å²) in [7, 11) is 0. The Balaban J connectivity index is 2.07. The molecule has 1 aromatic heterocycles. The molecule has 4 nitrogen and oxygen atoms in total. The van der Waals surface area contributed by atoms with Crippen LogP contribution in [0, 0.1) is 0 Å². The van der Waals surface area contributed by atoms with E-state index >= 15 is 0 Å². The smallest absolute Gasteiger partial charge is 0.270 e. The molecule has 0 spiro atoms. The van der Waals surface area contributed by atoms with E-state index in [9.17, 15) is 13.6 Å². The van der Waals surface area contributed by atoms with Crippen LogP contribution in [0.25, 0.3) is 0 Å². The third kappa shape index (κ3) is 3.75. The lowest BCUT2D eigenvalue weighted by Crippen LogP contribution is -2.57. The van der Waals surface area contributed by atoms with Crippen molar-refractivity contribution in [2.45, 2.75) is 44.6 Å². The molecule has 0 aromatic carbocycles. The summed E-state index contributed by atoms with van der Waals surface area (Å²) in [5.74, 6) is -3.39. The zero-order chi connectivity index (χ0) is 15.7. The molecular weight excluding hydrogens is 276 g/mol. The highest BCUT2D eigenvalue weighted by Crippen LogP contribution is 2.25. The van der Waals surface area contributed by atoms with Crippen LogP contribution in [0.4, 0.5) is 8.78 Å². The van der Waals surface area contributed by atoms with E-state index in [-0.39, 0.29) is 24.9 Å². The molecule has 0 unspecified atom stereocenters. The number of halogens is 2. The second-order valence-corrected chi connectivity index (χ2v) is 6.42. The van der Waals surface area contributed by atoms with Gasteiger partial charge in [-0.3, -0.25) is 9.78 Å². The van der Waals surface area contributed by atoms with Gasteiger partial charge < -0.3 is 10.6 Å². The summed E-state index contributed by atoms with van der Waals surface area (Å²) in [6.45, 7) is 6.39. The monoisotopic (exact) mass is 297 g/mol. The normalized spacial score (nSPS) is 21.9. The van der Waals surface area contributed by atoms with Gasteiger partial charge in [-0.05, 0) is 12.1 Å². The summed E-state index contributed by atoms with van der Waals surface area (Å²) >= 11 is 0. The molecule has 116 valence electrons. The molecule has 0 saturated carbocycles. The molecular formula is C15H21F2N3O. The van der Waals surface area contributed by atoms with Crippen molar-refractivity contribution in [3.8, 4) is 0 Å². The Morgan fingerprint density at radius 1 is 1.43 bits per heavy atom. The van der Waals surface area contributed by atoms with Gasteiger partial charge in [0.1, 0.15) is 6.04 Å². The fourth-order valence-electron chi connectivity index (χ4n) is 2.20. The fraction of sp³-hybridized carbons (Fsp3) is 0.600. The molecule has 1 aliphatic heterocycles. The lowest BCUT2D eigenvalue weighted by Gasteiger charge is -2.32. The van der Waals surface area contributed by atoms with Crippen LogP contribution in [0.3, 0.4) is 0 Å². The van der Waals surface area contributed by atoms with Gasteiger partial charge in [0.05, 0.1) is 5.56 Å². The van der Waals surface area contributed by atoms with Gasteiger partial charge in [0.15, 0.2) is 0 Å². The summed E-state index contributed by atoms with van der Waals surface area (Å²) in [5.41, 5.74) is 1.03. The first-order chi connectivity index (χ1) is 9.70. The van der Waals surface area contributed by atoms with E-state index in [0.717, 1.165) is 5.69 Å². The molecule has 1 aromatic rings. The number of piperidine rings is 1. The Kier molecular flexibility index (Phi) is 4.27. The summed E-state index contributed by atoms with van der Waals surface area (Å²) < 4.78 is 27.4. The Morgan fingerprint density at radius 3 is 2.67 bits per heavy atom. The molecule has 2 rings (SSSR count). The number of nitrogens with zero attached hydrogens (tertiary/aromatic N) is 1. The van der Waals surface area contributed by atoms with E-state index in [1.54, 1.807) is 12.1 Å². The molecule has 1 aliphatic rings. The van der Waals surface area contributed by atoms with E-state index in [2.05, 4.69) is 15.6 Å². The van der Waals surface area contributed by atoms with E-state index in [4.69, 9.17) is 0 Å². The Morgan fingerprint density at radius 2 is 2.14 bits per heavy atom. The third-order valence-electron chi connectivity index (χ3n) is 3.59. The van der Waals surface area contributed by atoms with Gasteiger partial charge in [-0.25, -0.2) is 8.78 Å². The first-order valence-electron chi connectivity index (χ1n) is 7.06. The highest BCUT2D eigenvalue weighted by Gasteiger charge is 2.42. The average Bonchev–Trinajstić information content (AvgIpc) is 2.40. The maximum Gasteiger partial charge on any atom is 0.270 e. The zero-order valence-corrected chi connectivity index (χ0v) is 12.5. The molecule has 21 heavy (non-hydrogen) atoms. The summed E-state index contributed by atoms with van der Waals surface area (Å²) in [4.78, 5) is 16.3. The van der Waals surface area contributed by atoms with Crippen molar-refractivity contribution >= 4 is 5.91 Å². The molecule has 6 heteroatoms. The van der Waals surface area contributed by atoms with Gasteiger partial charge in [-0.1, -0.05) is 20.8 Å². The molecule has 1 saturated heterocycles. The van der Waals surface area contributed by atoms with Crippen molar-refractivity contribution in [1.29, 1.82) is 0 Å². The number of alkyl halides is 2. The lowest BCUT2D eigenvalue weighted by molar-refractivity contribution is -0.0542. The average molecular weight is 297 g/mol. The number of pyridine rings is 1. The van der Waals surface area contributed by atoms with Crippen LogP contribution in [0.5, 0.6) is 0 Å². The number of hydrogen-bond donors (Lipinski definition) is 2. The Labute approximate surface area is 123 Å². The topological polar surface area (TPSA) is 54.0 Å². The quantitative estimate of drug-likeness (QED) is 0.879. The van der Waals surface area contributed by atoms with Crippen LogP contribution < -0.4 is 10.6 Å². The third-order valence-corrected chi connectivity index (χ3v) is 3.59. The molecule has 1 amide bonds. The van der Waals surface area contributed by atoms with E-state index in [1.165, 1.54) is 6.20 Å². The van der Waals surface area contributed by atoms with Crippen molar-refractivity contribution in [3.63, 3.8) is 0 Å². The van der Waals surface area contributed by atoms with Crippen LogP contribution in [-0.4, -0.2) is 35.9 Å². The number of nitrogens with one attached hydrogen (secondary N) is 2. The maximum atomic E-state index is 13.7. The van der Waals surface area contributed by atoms with Gasteiger partial charge >= 0.3 is 0 Å². The minimum Gasteiger partial charge on any atom is -0.342 e. The molecule has 1 atom stereocenters. The van der Waals surface area contributed by atoms with Gasteiger partial charge in [0.25, 0.3) is 11.8 Å². The van der Waals surface area contributed by atoms with Gasteiger partial charge in [-0.15, -0.1) is 0 Å². The van der Waals surface area contributed by atoms with E-state index < -0.39 is 17.9 Å². The van der Waals surface area contributed by atoms with Crippen LogP contribution in [0.1, 0.15) is 43.2 Å². The van der Waals surface area contributed by atoms with Gasteiger partial charge in [-0.2, -0.15) is 0 Å². The predicted octanol–water partition coefficient (Wildman–Crippen LogP) is 2.11. The molecule has 2 heterocycles. The first-order valence-corrected chi connectivity index (χ1v) is 7.06. The maximum absolute atomic E-state index is 13.7. The summed E-state index contributed by atoms with van der Waals surface area (Å²) in [5, 5.41) is 5.26. The molecule has 0 aliphatic carbocycles. The van der Waals surface area contributed by atoms with Crippen molar-refractivity contribution < 1.29 is 13.6 Å². The van der Waals surface area contributed by atoms with Crippen LogP contribution in [0.2, 0.25) is 0 Å². The molecule has 2 N–H and O–H groups in total. The van der Waals surface area contributed by atoms with Crippen LogP contribution >= 0.6 is 0 Å². The molecule has 0 radical (unpaired) electrons. The summed E-state index contributed by atoms with van der Waals surface area (Å²) in [6.07, 6.45) is 1.17. The molecule has 0 bridgehead atoms. The minimum atomic E-state index is -2.88. The first kappa shape index (κ1) is 15.8. The van der Waals surface area contributed by atoms with Crippen molar-refractivity contribution in [2.24, 2.45) is 0 Å². The van der Waals surface area contributed by atoms with Crippen LogP contribution in [-0.2, 0) is 5.41 Å². The highest BCUT2D eigenvalue weighted by atomic mass is 19.3. The van der Waals surface area contributed by atoms with Crippen molar-refractivity contribution in [2.75, 3.05) is 13.1 Å². The van der Waals surface area contributed by atoms with Gasteiger partial charge in [0, 0.05) is 36.8 Å². The Hall–Kier alpha value is -1.56. The number of amides is 1. The van der Waals surface area contributed by atoms with Crippen molar-refractivity contribution in [1.82, 2.24) is 15.6 Å². The number of rotatable bonds is 2. The standard InChI is InChI=1S/C15H21F2N3O/c1-14(2,3)11-5-4-10(8-19-11)13(21)20-12-9-18-7-6-15(12,16)17/h4-5,8,12,18H,6-7,9H2,1-3H3,(H,20,21)/t12-/m1/s1. The number of carbonyl (C=O) groups excluding carboxylic acids is 1. The number of hydrogen-bond acceptors (Lipinski definition) is 3. The summed E-state index contributed by atoms with van der Waals surface area (Å²) in [6, 6.07) is 2.20. The lowest BCUT2D eigenvalue weighted by atomic mass is 9.91. The SMILES string of the molecule is CC(C)(C)c1ccc(C(=O)N[C@@H]2CNCCC2(F)F)cn1. The number of aromatic nitrogens is 1. The van der Waals surface area contributed by atoms with Crippen molar-refractivity contribution in [3.05, 3.63) is 29.6 Å². The van der Waals surface area contributed by atoms with Crippen LogP contribution in [0.15, 0.2) is 18.3 Å². The fourth-order valence-corrected chi connectivity index (χ4v) is 2.20. The zero-order valence-electron chi connectivity index (χ0n) is 12.5. The van der Waals surface area contributed by atoms with E-state index in [0.29, 0.717) is 5.56 Å². The largest absolute Gasteiger partial charge is 0.342 e. The second-order valence-electron chi connectivity index (χ2n) is 6.42. The highest BCUT2D eigenvalue weighted by molar-refractivity contribution is 5.94. The molecule has 1 fully saturated rings. The van der Waals surface area contributed by atoms with E-state index in [1.807, 2.05) is 20.8 Å². The Bertz CT molecular complexity index is 509. The number of carbonyl (C=O) groups is 1. The predicted molar refractivity (Wildman–Crippen MR) is 76.6 cm³/mol. The second kappa shape index (κ2) is 5.67.